The number of nitrogens with two attached hydrogens (primary N) is 1. The van der Waals surface area contributed by atoms with Crippen LogP contribution in [0, 0.1) is 24.8 Å². The number of benzene rings is 2. The molecule has 1 fully saturated rings. The zero-order valence-electron chi connectivity index (χ0n) is 28.0. The van der Waals surface area contributed by atoms with Gasteiger partial charge in [0.1, 0.15) is 46.9 Å². The van der Waals surface area contributed by atoms with Crippen LogP contribution in [0.5, 0.6) is 5.75 Å². The number of halogens is 1. The third kappa shape index (κ3) is 9.31. The van der Waals surface area contributed by atoms with Crippen molar-refractivity contribution in [3.8, 4) is 33.5 Å². The van der Waals surface area contributed by atoms with Gasteiger partial charge in [0.25, 0.3) is 0 Å². The number of nitrogens with zero attached hydrogens (tertiary/aromatic N) is 5. The number of rotatable bonds is 13. The number of carbonyl (C=O) groups is 2. The second kappa shape index (κ2) is 17.8. The van der Waals surface area contributed by atoms with Gasteiger partial charge in [-0.25, -0.2) is 19.6 Å². The van der Waals surface area contributed by atoms with Gasteiger partial charge in [-0.15, -0.1) is 23.7 Å². The Morgan fingerprint density at radius 2 is 1.78 bits per heavy atom. The van der Waals surface area contributed by atoms with Crippen molar-refractivity contribution in [1.82, 2.24) is 15.3 Å². The molecule has 11 nitrogen and oxygen atoms in total. The van der Waals surface area contributed by atoms with Gasteiger partial charge in [-0.05, 0) is 51.3 Å². The minimum Gasteiger partial charge on any atom is -0.490 e. The van der Waals surface area contributed by atoms with Crippen LogP contribution in [-0.2, 0) is 20.1 Å². The number of ether oxygens (including phenoxy) is 2. The highest BCUT2D eigenvalue weighted by Crippen LogP contribution is 2.45. The molecule has 0 bridgehead atoms. The normalized spacial score (nSPS) is 13.4. The maximum atomic E-state index is 12.2. The molecule has 3 N–H and O–H groups in total. The Labute approximate surface area is 306 Å². The number of nitriles is 1. The highest BCUT2D eigenvalue weighted by molar-refractivity contribution is 7.98. The van der Waals surface area contributed by atoms with Gasteiger partial charge in [0.15, 0.2) is 0 Å². The predicted molar refractivity (Wildman–Crippen MR) is 199 cm³/mol. The lowest BCUT2D eigenvalue weighted by Gasteiger charge is -2.22. The number of thioether (sulfide) groups is 1. The summed E-state index contributed by atoms with van der Waals surface area (Å²) in [4.78, 5) is 39.7. The summed E-state index contributed by atoms with van der Waals surface area (Å²) in [5.74, 6) is 0.606. The Balaban J connectivity index is 0.00000562. The van der Waals surface area contributed by atoms with E-state index in [0.717, 1.165) is 42.2 Å². The molecule has 1 aliphatic heterocycles. The molecular formula is C36H38ClN7O4S2. The second-order valence-corrected chi connectivity index (χ2v) is 13.4. The lowest BCUT2D eigenvalue weighted by Crippen LogP contribution is -2.46. The number of amides is 1. The smallest absolute Gasteiger partial charge is 0.328 e. The van der Waals surface area contributed by atoms with Crippen molar-refractivity contribution >= 4 is 58.9 Å². The van der Waals surface area contributed by atoms with E-state index in [2.05, 4.69) is 52.3 Å². The summed E-state index contributed by atoms with van der Waals surface area (Å²) in [7, 11) is 0. The Hall–Kier alpha value is -4.66. The van der Waals surface area contributed by atoms with Crippen molar-refractivity contribution in [2.24, 2.45) is 5.73 Å². The van der Waals surface area contributed by atoms with Crippen LogP contribution in [0.2, 0.25) is 0 Å². The van der Waals surface area contributed by atoms with Crippen molar-refractivity contribution < 1.29 is 19.1 Å². The molecule has 0 radical (unpaired) electrons. The molecule has 1 amide bonds. The number of hydrogen-bond donors (Lipinski definition) is 2. The molecular weight excluding hydrogens is 694 g/mol. The molecule has 4 aromatic rings. The van der Waals surface area contributed by atoms with E-state index in [1.807, 2.05) is 17.5 Å². The molecule has 1 saturated heterocycles. The van der Waals surface area contributed by atoms with Gasteiger partial charge >= 0.3 is 5.97 Å². The van der Waals surface area contributed by atoms with Crippen LogP contribution in [0.1, 0.15) is 43.5 Å². The minimum atomic E-state index is -0.838. The van der Waals surface area contributed by atoms with E-state index in [0.29, 0.717) is 44.7 Å². The topological polar surface area (TPSA) is 148 Å². The Bertz CT molecular complexity index is 1880. The standard InChI is InChI=1S/C36H37N7O4S2.ClH/c1-22-7-9-26(10-8-22)34-41-27(20-48-34)21-49-35-29(19-37)30(31(39-4)32(42-35)43-15-5-6-16-43)25-11-13-28(14-12-25)46-17-18-47-36(45)24(3)40-33(44)23(2)38;/h7-14,20,23-24H,5-6,15-18,21,38H2,1-3H3,(H,40,44);1H/t23-,24-;/m0./s1. The number of pyridine rings is 1. The molecule has 1 aliphatic rings. The fourth-order valence-corrected chi connectivity index (χ4v) is 6.99. The van der Waals surface area contributed by atoms with Gasteiger partial charge in [-0.2, -0.15) is 5.26 Å². The molecule has 2 aromatic heterocycles. The maximum absolute atomic E-state index is 12.2. The van der Waals surface area contributed by atoms with E-state index in [1.54, 1.807) is 23.5 Å². The van der Waals surface area contributed by atoms with Gasteiger partial charge in [-0.1, -0.05) is 53.7 Å². The quantitative estimate of drug-likeness (QED) is 0.0660. The molecule has 14 heteroatoms. The van der Waals surface area contributed by atoms with Crippen LogP contribution in [-0.4, -0.2) is 60.2 Å². The first-order valence-corrected chi connectivity index (χ1v) is 17.8. The highest BCUT2D eigenvalue weighted by atomic mass is 35.5. The molecule has 50 heavy (non-hydrogen) atoms. The fraction of sp³-hybridized carbons (Fsp3) is 0.333. The Kier molecular flexibility index (Phi) is 13.6. The SMILES string of the molecule is Cl.[C-]#[N+]c1c(N2CCCC2)nc(SCc2csc(-c3ccc(C)cc3)n2)c(C#N)c1-c1ccc(OCCOC(=O)[C@H](C)NC(=O)[C@H](C)N)cc1. The van der Waals surface area contributed by atoms with Gasteiger partial charge in [0.2, 0.25) is 11.6 Å². The fourth-order valence-electron chi connectivity index (χ4n) is 5.18. The molecule has 0 saturated carbocycles. The summed E-state index contributed by atoms with van der Waals surface area (Å²) in [6.07, 6.45) is 2.03. The number of carbonyl (C=O) groups excluding carboxylic acids is 2. The number of nitrogens with one attached hydrogen (secondary N) is 1. The number of esters is 1. The average molecular weight is 732 g/mol. The second-order valence-electron chi connectivity index (χ2n) is 11.6. The molecule has 2 aromatic carbocycles. The largest absolute Gasteiger partial charge is 0.490 e. The number of aromatic nitrogens is 2. The van der Waals surface area contributed by atoms with Gasteiger partial charge < -0.3 is 25.4 Å². The first-order chi connectivity index (χ1) is 23.7. The molecule has 3 heterocycles. The predicted octanol–water partition coefficient (Wildman–Crippen LogP) is 6.69. The van der Waals surface area contributed by atoms with Crippen molar-refractivity contribution in [1.29, 1.82) is 5.26 Å². The monoisotopic (exact) mass is 731 g/mol. The number of aryl methyl sites for hydroxylation is 1. The van der Waals surface area contributed by atoms with E-state index in [1.165, 1.54) is 31.2 Å². The van der Waals surface area contributed by atoms with Crippen LogP contribution in [0.4, 0.5) is 11.5 Å². The van der Waals surface area contributed by atoms with Crippen molar-refractivity contribution in [2.45, 2.75) is 56.5 Å². The van der Waals surface area contributed by atoms with Crippen LogP contribution in [0.15, 0.2) is 58.9 Å². The van der Waals surface area contributed by atoms with Gasteiger partial charge in [0, 0.05) is 35.3 Å². The van der Waals surface area contributed by atoms with E-state index in [4.69, 9.17) is 31.7 Å². The van der Waals surface area contributed by atoms with E-state index in [-0.39, 0.29) is 25.6 Å². The zero-order valence-corrected chi connectivity index (χ0v) is 30.4. The first-order valence-electron chi connectivity index (χ1n) is 15.9. The van der Waals surface area contributed by atoms with Gasteiger partial charge in [-0.3, -0.25) is 4.79 Å². The summed E-state index contributed by atoms with van der Waals surface area (Å²) in [6, 6.07) is 16.2. The molecule has 260 valence electrons. The highest BCUT2D eigenvalue weighted by Gasteiger charge is 2.27. The van der Waals surface area contributed by atoms with Crippen LogP contribution in [0.3, 0.4) is 0 Å². The lowest BCUT2D eigenvalue weighted by molar-refractivity contribution is -0.148. The van der Waals surface area contributed by atoms with E-state index < -0.39 is 24.0 Å². The average Bonchev–Trinajstić information content (AvgIpc) is 3.82. The van der Waals surface area contributed by atoms with Gasteiger partial charge in [0.05, 0.1) is 23.9 Å². The summed E-state index contributed by atoms with van der Waals surface area (Å²) >= 11 is 3.03. The molecule has 0 aliphatic carbocycles. The van der Waals surface area contributed by atoms with Crippen LogP contribution < -0.4 is 20.7 Å². The third-order valence-corrected chi connectivity index (χ3v) is 9.77. The maximum Gasteiger partial charge on any atom is 0.328 e. The van der Waals surface area contributed by atoms with Crippen molar-refractivity contribution in [2.75, 3.05) is 31.2 Å². The van der Waals surface area contributed by atoms with Crippen LogP contribution >= 0.6 is 35.5 Å². The minimum absolute atomic E-state index is 0. The van der Waals surface area contributed by atoms with E-state index >= 15 is 0 Å². The summed E-state index contributed by atoms with van der Waals surface area (Å²) in [6.45, 7) is 14.9. The summed E-state index contributed by atoms with van der Waals surface area (Å²) < 4.78 is 11.0. The summed E-state index contributed by atoms with van der Waals surface area (Å²) in [5, 5.41) is 16.5. The number of thiazole rings is 1. The Morgan fingerprint density at radius 3 is 2.42 bits per heavy atom. The first kappa shape index (κ1) is 38.1. The van der Waals surface area contributed by atoms with Crippen LogP contribution in [0.25, 0.3) is 26.5 Å². The molecule has 5 rings (SSSR count). The third-order valence-electron chi connectivity index (χ3n) is 7.82. The molecule has 0 spiro atoms. The van der Waals surface area contributed by atoms with E-state index in [9.17, 15) is 14.9 Å². The van der Waals surface area contributed by atoms with Crippen molar-refractivity contribution in [3.63, 3.8) is 0 Å². The number of anilines is 1. The molecule has 0 unspecified atom stereocenters. The number of hydrogen-bond acceptors (Lipinski definition) is 11. The lowest BCUT2D eigenvalue weighted by atomic mass is 9.99. The molecule has 2 atom stereocenters. The Morgan fingerprint density at radius 1 is 1.10 bits per heavy atom. The zero-order chi connectivity index (χ0) is 34.9. The van der Waals surface area contributed by atoms with Crippen molar-refractivity contribution in [3.05, 3.63) is 82.1 Å². The summed E-state index contributed by atoms with van der Waals surface area (Å²) in [5.41, 5.74) is 10.6.